The lowest BCUT2D eigenvalue weighted by Crippen LogP contribution is -2.21. The van der Waals surface area contributed by atoms with Crippen molar-refractivity contribution in [3.63, 3.8) is 0 Å². The molecule has 0 amide bonds. The molecule has 0 bridgehead atoms. The maximum atomic E-state index is 6.22. The molecule has 0 aliphatic carbocycles. The van der Waals surface area contributed by atoms with E-state index in [1.807, 2.05) is 31.0 Å². The van der Waals surface area contributed by atoms with Gasteiger partial charge in [-0.25, -0.2) is 0 Å². The Labute approximate surface area is 118 Å². The van der Waals surface area contributed by atoms with E-state index in [-0.39, 0.29) is 0 Å². The second kappa shape index (κ2) is 5.75. The molecule has 0 aliphatic heterocycles. The van der Waals surface area contributed by atoms with Gasteiger partial charge in [-0.3, -0.25) is 9.36 Å². The van der Waals surface area contributed by atoms with Gasteiger partial charge < -0.3 is 5.32 Å². The zero-order chi connectivity index (χ0) is 14.0. The van der Waals surface area contributed by atoms with Gasteiger partial charge in [0.25, 0.3) is 0 Å². The summed E-state index contributed by atoms with van der Waals surface area (Å²) in [5.41, 5.74) is 3.15. The van der Waals surface area contributed by atoms with Crippen LogP contribution in [0.25, 0.3) is 0 Å². The molecule has 2 rings (SSSR count). The molecule has 0 radical (unpaired) electrons. The van der Waals surface area contributed by atoms with Gasteiger partial charge in [-0.2, -0.15) is 10.2 Å². The van der Waals surface area contributed by atoms with E-state index in [0.717, 1.165) is 17.8 Å². The molecule has 0 saturated carbocycles. The first-order valence-corrected chi connectivity index (χ1v) is 6.78. The minimum Gasteiger partial charge on any atom is -0.310 e. The van der Waals surface area contributed by atoms with Gasteiger partial charge in [0, 0.05) is 37.0 Å². The van der Waals surface area contributed by atoms with E-state index < -0.39 is 0 Å². The molecule has 1 N–H and O–H groups in total. The number of halogens is 1. The third-order valence-corrected chi connectivity index (χ3v) is 3.46. The predicted molar refractivity (Wildman–Crippen MR) is 76.3 cm³/mol. The lowest BCUT2D eigenvalue weighted by molar-refractivity contribution is 0.588. The molecule has 0 spiro atoms. The highest BCUT2D eigenvalue weighted by atomic mass is 35.5. The minimum atomic E-state index is 0.471. The van der Waals surface area contributed by atoms with Crippen molar-refractivity contribution in [2.24, 2.45) is 7.05 Å². The van der Waals surface area contributed by atoms with E-state index >= 15 is 0 Å². The third kappa shape index (κ3) is 3.36. The standard InChI is InChI=1S/C13H20ClN5/c1-9(2)15-5-11-6-16-19(7-11)8-12-10(3)17-18(4)13(12)14/h6-7,9,15H,5,8H2,1-4H3. The molecule has 0 atom stereocenters. The summed E-state index contributed by atoms with van der Waals surface area (Å²) in [7, 11) is 1.85. The molecular formula is C13H20ClN5. The first-order chi connectivity index (χ1) is 8.97. The molecule has 104 valence electrons. The van der Waals surface area contributed by atoms with Gasteiger partial charge in [0.1, 0.15) is 5.15 Å². The van der Waals surface area contributed by atoms with Crippen LogP contribution in [0.3, 0.4) is 0 Å². The van der Waals surface area contributed by atoms with Crippen LogP contribution >= 0.6 is 11.6 Å². The Morgan fingerprint density at radius 3 is 2.74 bits per heavy atom. The molecule has 2 aromatic rings. The summed E-state index contributed by atoms with van der Waals surface area (Å²) in [5.74, 6) is 0. The molecular weight excluding hydrogens is 262 g/mol. The summed E-state index contributed by atoms with van der Waals surface area (Å²) < 4.78 is 3.59. The highest BCUT2D eigenvalue weighted by Crippen LogP contribution is 2.19. The maximum absolute atomic E-state index is 6.22. The number of nitrogens with one attached hydrogen (secondary N) is 1. The van der Waals surface area contributed by atoms with Crippen molar-refractivity contribution >= 4 is 11.6 Å². The van der Waals surface area contributed by atoms with Gasteiger partial charge in [0.15, 0.2) is 0 Å². The highest BCUT2D eigenvalue weighted by molar-refractivity contribution is 6.30. The lowest BCUT2D eigenvalue weighted by Gasteiger charge is -2.05. The van der Waals surface area contributed by atoms with Crippen LogP contribution in [0.1, 0.15) is 30.7 Å². The SMILES string of the molecule is Cc1nn(C)c(Cl)c1Cn1cc(CNC(C)C)cn1. The Hall–Kier alpha value is -1.33. The molecule has 0 aliphatic rings. The molecule has 0 unspecified atom stereocenters. The van der Waals surface area contributed by atoms with Crippen LogP contribution < -0.4 is 5.32 Å². The third-order valence-electron chi connectivity index (χ3n) is 2.99. The molecule has 5 nitrogen and oxygen atoms in total. The molecule has 0 saturated heterocycles. The van der Waals surface area contributed by atoms with E-state index in [2.05, 4.69) is 29.4 Å². The molecule has 0 aromatic carbocycles. The Balaban J connectivity index is 2.07. The zero-order valence-electron chi connectivity index (χ0n) is 11.8. The van der Waals surface area contributed by atoms with Gasteiger partial charge >= 0.3 is 0 Å². The molecule has 2 aromatic heterocycles. The van der Waals surface area contributed by atoms with E-state index in [9.17, 15) is 0 Å². The first-order valence-electron chi connectivity index (χ1n) is 6.40. The van der Waals surface area contributed by atoms with Crippen molar-refractivity contribution in [3.05, 3.63) is 34.4 Å². The summed E-state index contributed by atoms with van der Waals surface area (Å²) in [6, 6.07) is 0.471. The average Bonchev–Trinajstić information content (AvgIpc) is 2.88. The number of nitrogens with zero attached hydrogens (tertiary/aromatic N) is 4. The highest BCUT2D eigenvalue weighted by Gasteiger charge is 2.12. The van der Waals surface area contributed by atoms with Crippen molar-refractivity contribution in [3.8, 4) is 0 Å². The van der Waals surface area contributed by atoms with E-state index in [1.165, 1.54) is 5.56 Å². The molecule has 2 heterocycles. The van der Waals surface area contributed by atoms with Gasteiger partial charge in [0.2, 0.25) is 0 Å². The first kappa shape index (κ1) is 14.1. The average molecular weight is 282 g/mol. The summed E-state index contributed by atoms with van der Waals surface area (Å²) in [6.45, 7) is 7.70. The topological polar surface area (TPSA) is 47.7 Å². The number of aryl methyl sites for hydroxylation is 2. The Morgan fingerprint density at radius 2 is 2.16 bits per heavy atom. The predicted octanol–water partition coefficient (Wildman–Crippen LogP) is 2.12. The molecule has 6 heteroatoms. The van der Waals surface area contributed by atoms with E-state index in [1.54, 1.807) is 4.68 Å². The van der Waals surface area contributed by atoms with Crippen LogP contribution in [0.2, 0.25) is 5.15 Å². The van der Waals surface area contributed by atoms with Crippen molar-refractivity contribution in [1.29, 1.82) is 0 Å². The van der Waals surface area contributed by atoms with Gasteiger partial charge in [-0.05, 0) is 6.92 Å². The fraction of sp³-hybridized carbons (Fsp3) is 0.538. The number of rotatable bonds is 5. The summed E-state index contributed by atoms with van der Waals surface area (Å²) in [4.78, 5) is 0. The Kier molecular flexibility index (Phi) is 4.27. The van der Waals surface area contributed by atoms with Crippen LogP contribution in [0.15, 0.2) is 12.4 Å². The maximum Gasteiger partial charge on any atom is 0.132 e. The second-order valence-electron chi connectivity index (χ2n) is 5.06. The fourth-order valence-electron chi connectivity index (χ4n) is 1.92. The normalized spacial score (nSPS) is 11.5. The van der Waals surface area contributed by atoms with Crippen LogP contribution in [0.4, 0.5) is 0 Å². The van der Waals surface area contributed by atoms with E-state index in [0.29, 0.717) is 17.7 Å². The quantitative estimate of drug-likeness (QED) is 0.913. The number of hydrogen-bond acceptors (Lipinski definition) is 3. The number of aromatic nitrogens is 4. The lowest BCUT2D eigenvalue weighted by atomic mass is 10.2. The van der Waals surface area contributed by atoms with Crippen LogP contribution in [-0.2, 0) is 20.1 Å². The van der Waals surface area contributed by atoms with Crippen LogP contribution in [0.5, 0.6) is 0 Å². The van der Waals surface area contributed by atoms with Gasteiger partial charge in [0.05, 0.1) is 18.4 Å². The summed E-state index contributed by atoms with van der Waals surface area (Å²) >= 11 is 6.22. The van der Waals surface area contributed by atoms with Gasteiger partial charge in [-0.1, -0.05) is 25.4 Å². The van der Waals surface area contributed by atoms with Crippen LogP contribution in [0, 0.1) is 6.92 Å². The van der Waals surface area contributed by atoms with Crippen molar-refractivity contribution < 1.29 is 0 Å². The Morgan fingerprint density at radius 1 is 1.42 bits per heavy atom. The van der Waals surface area contributed by atoms with Gasteiger partial charge in [-0.15, -0.1) is 0 Å². The smallest absolute Gasteiger partial charge is 0.132 e. The summed E-state index contributed by atoms with van der Waals surface area (Å²) in [6.07, 6.45) is 3.92. The Bertz CT molecular complexity index is 555. The van der Waals surface area contributed by atoms with E-state index in [4.69, 9.17) is 11.6 Å². The van der Waals surface area contributed by atoms with Crippen molar-refractivity contribution in [2.45, 2.75) is 39.9 Å². The number of hydrogen-bond donors (Lipinski definition) is 1. The summed E-state index contributed by atoms with van der Waals surface area (Å²) in [5, 5.41) is 12.7. The largest absolute Gasteiger partial charge is 0.310 e. The van der Waals surface area contributed by atoms with Crippen molar-refractivity contribution in [2.75, 3.05) is 0 Å². The fourth-order valence-corrected chi connectivity index (χ4v) is 2.16. The second-order valence-corrected chi connectivity index (χ2v) is 5.42. The minimum absolute atomic E-state index is 0.471. The molecule has 19 heavy (non-hydrogen) atoms. The van der Waals surface area contributed by atoms with Crippen molar-refractivity contribution in [1.82, 2.24) is 24.9 Å². The monoisotopic (exact) mass is 281 g/mol. The molecule has 0 fully saturated rings. The zero-order valence-corrected chi connectivity index (χ0v) is 12.6. The van der Waals surface area contributed by atoms with Crippen LogP contribution in [-0.4, -0.2) is 25.6 Å².